The largest absolute Gasteiger partial charge is 0.354 e. The van der Waals surface area contributed by atoms with E-state index in [1.165, 1.54) is 0 Å². The molecule has 31 heavy (non-hydrogen) atoms. The Morgan fingerprint density at radius 1 is 1.10 bits per heavy atom. The molecule has 0 aliphatic rings. The van der Waals surface area contributed by atoms with Crippen LogP contribution in [0.3, 0.4) is 0 Å². The highest BCUT2D eigenvalue weighted by Gasteiger charge is 2.28. The zero-order valence-electron chi connectivity index (χ0n) is 18.9. The topological polar surface area (TPSA) is 49.4 Å². The minimum atomic E-state index is -0.480. The number of rotatable bonds is 11. The second-order valence-corrected chi connectivity index (χ2v) is 9.67. The Bertz CT molecular complexity index is 855. The molecule has 0 heterocycles. The minimum Gasteiger partial charge on any atom is -0.354 e. The lowest BCUT2D eigenvalue weighted by molar-refractivity contribution is -0.141. The number of hydrogen-bond donors (Lipinski definition) is 1. The summed E-state index contributed by atoms with van der Waals surface area (Å²) in [6, 6.07) is 15.1. The van der Waals surface area contributed by atoms with E-state index >= 15 is 0 Å². The fourth-order valence-corrected chi connectivity index (χ4v) is 4.21. The van der Waals surface area contributed by atoms with Crippen LogP contribution in [0.25, 0.3) is 0 Å². The van der Waals surface area contributed by atoms with Gasteiger partial charge < -0.3 is 10.2 Å². The van der Waals surface area contributed by atoms with Crippen molar-refractivity contribution in [2.24, 2.45) is 5.92 Å². The van der Waals surface area contributed by atoms with E-state index in [1.54, 1.807) is 16.7 Å². The molecule has 0 aliphatic heterocycles. The second kappa shape index (κ2) is 12.8. The van der Waals surface area contributed by atoms with Crippen LogP contribution >= 0.6 is 23.4 Å². The molecule has 2 aromatic carbocycles. The Kier molecular flexibility index (Phi) is 10.4. The average Bonchev–Trinajstić information content (AvgIpc) is 2.74. The summed E-state index contributed by atoms with van der Waals surface area (Å²) in [4.78, 5) is 29.0. The number of hydrogen-bond acceptors (Lipinski definition) is 3. The normalized spacial score (nSPS) is 11.9. The number of aryl methyl sites for hydroxylation is 1. The molecule has 0 saturated carbocycles. The summed E-state index contributed by atoms with van der Waals surface area (Å²) < 4.78 is 0. The Morgan fingerprint density at radius 2 is 1.77 bits per heavy atom. The molecule has 0 radical (unpaired) electrons. The molecule has 2 aromatic rings. The number of benzene rings is 2. The lowest BCUT2D eigenvalue weighted by atomic mass is 10.1. The van der Waals surface area contributed by atoms with E-state index in [0.717, 1.165) is 16.0 Å². The molecular formula is C25H33ClN2O2S. The van der Waals surface area contributed by atoms with Gasteiger partial charge in [-0.05, 0) is 54.7 Å². The molecule has 2 amide bonds. The number of thioether (sulfide) groups is 1. The van der Waals surface area contributed by atoms with E-state index < -0.39 is 6.04 Å². The predicted octanol–water partition coefficient (Wildman–Crippen LogP) is 5.71. The molecule has 0 bridgehead atoms. The maximum absolute atomic E-state index is 13.3. The van der Waals surface area contributed by atoms with Gasteiger partial charge in [0.25, 0.3) is 0 Å². The molecule has 0 spiro atoms. The number of carbonyl (C=O) groups is 2. The van der Waals surface area contributed by atoms with Gasteiger partial charge in [-0.15, -0.1) is 11.8 Å². The zero-order valence-corrected chi connectivity index (χ0v) is 20.4. The van der Waals surface area contributed by atoms with Gasteiger partial charge >= 0.3 is 0 Å². The maximum atomic E-state index is 13.3. The van der Waals surface area contributed by atoms with Crippen molar-refractivity contribution < 1.29 is 9.59 Å². The third-order valence-corrected chi connectivity index (χ3v) is 6.34. The van der Waals surface area contributed by atoms with Gasteiger partial charge in [0.2, 0.25) is 11.8 Å². The molecule has 0 aromatic heterocycles. The van der Waals surface area contributed by atoms with Gasteiger partial charge in [-0.3, -0.25) is 9.59 Å². The average molecular weight is 461 g/mol. The van der Waals surface area contributed by atoms with E-state index in [9.17, 15) is 9.59 Å². The summed E-state index contributed by atoms with van der Waals surface area (Å²) >= 11 is 7.56. The fraction of sp³-hybridized carbons (Fsp3) is 0.440. The van der Waals surface area contributed by atoms with Gasteiger partial charge in [0.15, 0.2) is 0 Å². The molecule has 4 nitrogen and oxygen atoms in total. The van der Waals surface area contributed by atoms with Crippen LogP contribution in [0.15, 0.2) is 53.4 Å². The first-order chi connectivity index (χ1) is 14.8. The second-order valence-electron chi connectivity index (χ2n) is 8.06. The molecule has 1 N–H and O–H groups in total. The first-order valence-electron chi connectivity index (χ1n) is 10.8. The Hall–Kier alpha value is -1.98. The van der Waals surface area contributed by atoms with Crippen molar-refractivity contribution in [3.63, 3.8) is 0 Å². The Labute approximate surface area is 195 Å². The summed E-state index contributed by atoms with van der Waals surface area (Å²) in [5.41, 5.74) is 2.18. The Balaban J connectivity index is 2.12. The highest BCUT2D eigenvalue weighted by molar-refractivity contribution is 7.99. The first kappa shape index (κ1) is 25.3. The lowest BCUT2D eigenvalue weighted by Gasteiger charge is -2.31. The van der Waals surface area contributed by atoms with Gasteiger partial charge in [0, 0.05) is 35.2 Å². The molecule has 168 valence electrons. The van der Waals surface area contributed by atoms with Crippen molar-refractivity contribution in [3.05, 3.63) is 64.7 Å². The monoisotopic (exact) mass is 460 g/mol. The van der Waals surface area contributed by atoms with Crippen LogP contribution in [0.2, 0.25) is 5.02 Å². The molecule has 0 unspecified atom stereocenters. The fourth-order valence-electron chi connectivity index (χ4n) is 3.24. The molecule has 6 heteroatoms. The quantitative estimate of drug-likeness (QED) is 0.437. The van der Waals surface area contributed by atoms with Crippen LogP contribution in [0.1, 0.15) is 44.7 Å². The first-order valence-corrected chi connectivity index (χ1v) is 12.2. The van der Waals surface area contributed by atoms with Crippen molar-refractivity contribution in [2.75, 3.05) is 12.3 Å². The van der Waals surface area contributed by atoms with Crippen LogP contribution in [0.4, 0.5) is 0 Å². The summed E-state index contributed by atoms with van der Waals surface area (Å²) in [6.45, 7) is 9.16. The van der Waals surface area contributed by atoms with E-state index in [-0.39, 0.29) is 11.8 Å². The standard InChI is InChI=1S/C25H33ClN2O2S/c1-5-23(25(30)27-16-18(2)3)28(17-20-9-7-6-8-19(20)4)24(29)14-15-31-22-12-10-21(26)11-13-22/h6-13,18,23H,5,14-17H2,1-4H3,(H,27,30)/t23-/m0/s1. The Morgan fingerprint density at radius 3 is 2.39 bits per heavy atom. The predicted molar refractivity (Wildman–Crippen MR) is 130 cm³/mol. The summed E-state index contributed by atoms with van der Waals surface area (Å²) in [5.74, 6) is 0.923. The molecule has 2 rings (SSSR count). The number of nitrogens with one attached hydrogen (secondary N) is 1. The number of halogens is 1. The lowest BCUT2D eigenvalue weighted by Crippen LogP contribution is -2.49. The molecular weight excluding hydrogens is 428 g/mol. The minimum absolute atomic E-state index is 0.00346. The van der Waals surface area contributed by atoms with E-state index in [0.29, 0.717) is 42.6 Å². The van der Waals surface area contributed by atoms with Crippen molar-refractivity contribution in [1.29, 1.82) is 0 Å². The molecule has 0 saturated heterocycles. The van der Waals surface area contributed by atoms with Crippen LogP contribution in [-0.4, -0.2) is 35.1 Å². The van der Waals surface area contributed by atoms with Crippen molar-refractivity contribution in [3.8, 4) is 0 Å². The summed E-state index contributed by atoms with van der Waals surface area (Å²) in [7, 11) is 0. The van der Waals surface area contributed by atoms with Gasteiger partial charge in [0.1, 0.15) is 6.04 Å². The van der Waals surface area contributed by atoms with Crippen LogP contribution in [0, 0.1) is 12.8 Å². The summed E-state index contributed by atoms with van der Waals surface area (Å²) in [5, 5.41) is 3.70. The van der Waals surface area contributed by atoms with Gasteiger partial charge in [-0.1, -0.05) is 56.6 Å². The van der Waals surface area contributed by atoms with E-state index in [1.807, 2.05) is 62.4 Å². The van der Waals surface area contributed by atoms with Crippen molar-refractivity contribution in [2.45, 2.75) is 58.0 Å². The van der Waals surface area contributed by atoms with Crippen LogP contribution in [0.5, 0.6) is 0 Å². The number of amides is 2. The molecule has 0 aliphatic carbocycles. The highest BCUT2D eigenvalue weighted by atomic mass is 35.5. The number of carbonyl (C=O) groups excluding carboxylic acids is 2. The molecule has 1 atom stereocenters. The third kappa shape index (κ3) is 8.23. The smallest absolute Gasteiger partial charge is 0.242 e. The van der Waals surface area contributed by atoms with Crippen molar-refractivity contribution in [1.82, 2.24) is 10.2 Å². The van der Waals surface area contributed by atoms with Crippen LogP contribution in [-0.2, 0) is 16.1 Å². The van der Waals surface area contributed by atoms with Crippen molar-refractivity contribution >= 4 is 35.2 Å². The number of nitrogens with zero attached hydrogens (tertiary/aromatic N) is 1. The SMILES string of the molecule is CC[C@@H](C(=O)NCC(C)C)N(Cc1ccccc1C)C(=O)CCSc1ccc(Cl)cc1. The third-order valence-electron chi connectivity index (χ3n) is 5.07. The molecule has 0 fully saturated rings. The van der Waals surface area contributed by atoms with E-state index in [4.69, 9.17) is 11.6 Å². The van der Waals surface area contributed by atoms with Gasteiger partial charge in [-0.25, -0.2) is 0 Å². The van der Waals surface area contributed by atoms with Crippen LogP contribution < -0.4 is 5.32 Å². The van der Waals surface area contributed by atoms with Gasteiger partial charge in [-0.2, -0.15) is 0 Å². The zero-order chi connectivity index (χ0) is 22.8. The van der Waals surface area contributed by atoms with Gasteiger partial charge in [0.05, 0.1) is 0 Å². The summed E-state index contributed by atoms with van der Waals surface area (Å²) in [6.07, 6.45) is 0.943. The van der Waals surface area contributed by atoms with E-state index in [2.05, 4.69) is 19.2 Å². The highest BCUT2D eigenvalue weighted by Crippen LogP contribution is 2.22. The maximum Gasteiger partial charge on any atom is 0.242 e.